The molecule has 3 fully saturated rings. The van der Waals surface area contributed by atoms with E-state index in [0.717, 1.165) is 50.9 Å². The van der Waals surface area contributed by atoms with Gasteiger partial charge in [-0.2, -0.15) is 0 Å². The lowest BCUT2D eigenvalue weighted by Gasteiger charge is -2.52. The number of carbonyl (C=O) groups is 2. The van der Waals surface area contributed by atoms with E-state index in [1.807, 2.05) is 6.92 Å². The molecular formula is C22H29F3N4O3. The molecule has 4 rings (SSSR count). The number of nitrogens with one attached hydrogen (secondary N) is 1. The Morgan fingerprint density at radius 1 is 1.06 bits per heavy atom. The minimum absolute atomic E-state index is 0.00219. The largest absolute Gasteiger partial charge is 0.573 e. The van der Waals surface area contributed by atoms with Crippen molar-refractivity contribution in [3.8, 4) is 5.75 Å². The van der Waals surface area contributed by atoms with Crippen molar-refractivity contribution in [2.75, 3.05) is 26.2 Å². The van der Waals surface area contributed by atoms with Gasteiger partial charge in [0.2, 0.25) is 0 Å². The van der Waals surface area contributed by atoms with Crippen molar-refractivity contribution in [2.24, 2.45) is 0 Å². The fraction of sp³-hybridized carbons (Fsp3) is 0.636. The first-order valence-electron chi connectivity index (χ1n) is 11.2. The highest BCUT2D eigenvalue weighted by atomic mass is 19.4. The van der Waals surface area contributed by atoms with Crippen LogP contribution in [0.4, 0.5) is 13.2 Å². The Morgan fingerprint density at radius 2 is 1.75 bits per heavy atom. The van der Waals surface area contributed by atoms with Crippen LogP contribution in [0, 0.1) is 0 Å². The molecule has 1 aromatic rings. The van der Waals surface area contributed by atoms with Gasteiger partial charge in [-0.3, -0.25) is 19.8 Å². The van der Waals surface area contributed by atoms with Crippen LogP contribution in [0.1, 0.15) is 38.2 Å². The second kappa shape index (κ2) is 9.27. The Labute approximate surface area is 185 Å². The Hall–Kier alpha value is -2.33. The van der Waals surface area contributed by atoms with E-state index in [2.05, 4.69) is 15.0 Å². The lowest BCUT2D eigenvalue weighted by molar-refractivity contribution is -0.274. The van der Waals surface area contributed by atoms with Crippen LogP contribution in [0.5, 0.6) is 5.75 Å². The fourth-order valence-corrected chi connectivity index (χ4v) is 5.16. The van der Waals surface area contributed by atoms with Crippen LogP contribution in [-0.2, 0) is 16.1 Å². The third-order valence-electron chi connectivity index (χ3n) is 6.63. The summed E-state index contributed by atoms with van der Waals surface area (Å²) in [5.74, 6) is -1.05. The molecule has 3 saturated heterocycles. The third kappa shape index (κ3) is 4.85. The summed E-state index contributed by atoms with van der Waals surface area (Å²) in [5, 5.41) is 3.46. The van der Waals surface area contributed by atoms with Gasteiger partial charge >= 0.3 is 18.2 Å². The first kappa shape index (κ1) is 22.8. The molecule has 3 heterocycles. The zero-order valence-electron chi connectivity index (χ0n) is 18.1. The molecule has 2 amide bonds. The summed E-state index contributed by atoms with van der Waals surface area (Å²) in [5.41, 5.74) is 0.898. The predicted molar refractivity (Wildman–Crippen MR) is 110 cm³/mol. The van der Waals surface area contributed by atoms with E-state index in [0.29, 0.717) is 13.1 Å². The minimum atomic E-state index is -4.70. The number of nitrogens with zero attached hydrogens (tertiary/aromatic N) is 3. The normalized spacial score (nSPS) is 25.8. The number of amides is 2. The third-order valence-corrected chi connectivity index (χ3v) is 6.63. The van der Waals surface area contributed by atoms with Crippen LogP contribution in [0.3, 0.4) is 0 Å². The number of halogens is 3. The highest BCUT2D eigenvalue weighted by molar-refractivity contribution is 6.35. The van der Waals surface area contributed by atoms with Crippen LogP contribution in [0.25, 0.3) is 0 Å². The smallest absolute Gasteiger partial charge is 0.406 e. The molecule has 0 aliphatic carbocycles. The number of hydrogen-bond donors (Lipinski definition) is 1. The summed E-state index contributed by atoms with van der Waals surface area (Å²) < 4.78 is 40.9. The van der Waals surface area contributed by atoms with Crippen molar-refractivity contribution in [1.29, 1.82) is 0 Å². The zero-order chi connectivity index (χ0) is 22.9. The first-order chi connectivity index (χ1) is 15.3. The Kier molecular flexibility index (Phi) is 6.62. The number of hydrogen-bond acceptors (Lipinski definition) is 5. The van der Waals surface area contributed by atoms with E-state index in [4.69, 9.17) is 0 Å². The summed E-state index contributed by atoms with van der Waals surface area (Å²) in [6.45, 7) is 5.39. The van der Waals surface area contributed by atoms with Gasteiger partial charge in [-0.1, -0.05) is 12.1 Å². The second-order valence-electron chi connectivity index (χ2n) is 8.61. The number of ether oxygens (including phenoxy) is 1. The molecule has 3 aliphatic heterocycles. The van der Waals surface area contributed by atoms with Crippen molar-refractivity contribution in [1.82, 2.24) is 20.0 Å². The van der Waals surface area contributed by atoms with Gasteiger partial charge in [-0.05, 0) is 56.8 Å². The Balaban J connectivity index is 1.36. The Bertz CT molecular complexity index is 825. The molecule has 0 aromatic heterocycles. The van der Waals surface area contributed by atoms with Crippen LogP contribution in [-0.4, -0.2) is 77.3 Å². The first-order valence-corrected chi connectivity index (χ1v) is 11.2. The zero-order valence-corrected chi connectivity index (χ0v) is 18.1. The monoisotopic (exact) mass is 454 g/mol. The number of fused-ring (bicyclic) bond motifs is 1. The summed E-state index contributed by atoms with van der Waals surface area (Å²) in [4.78, 5) is 31.4. The SMILES string of the molecule is CCN1C(=O)C(=O)N(C2CCN(Cc3ccc(OC(F)(F)F)cc3)CC2)C2NCCCC21. The van der Waals surface area contributed by atoms with Crippen LogP contribution in [0.2, 0.25) is 0 Å². The molecule has 0 spiro atoms. The molecular weight excluding hydrogens is 425 g/mol. The van der Waals surface area contributed by atoms with E-state index in [-0.39, 0.29) is 24.0 Å². The molecule has 1 aromatic carbocycles. The number of piperazine rings is 1. The predicted octanol–water partition coefficient (Wildman–Crippen LogP) is 2.32. The average Bonchev–Trinajstić information content (AvgIpc) is 2.76. The molecule has 10 heteroatoms. The maximum atomic E-state index is 12.9. The molecule has 0 saturated carbocycles. The number of rotatable bonds is 5. The summed E-state index contributed by atoms with van der Waals surface area (Å²) in [7, 11) is 0. The molecule has 2 atom stereocenters. The van der Waals surface area contributed by atoms with Crippen molar-refractivity contribution < 1.29 is 27.5 Å². The van der Waals surface area contributed by atoms with E-state index < -0.39 is 18.2 Å². The number of likely N-dealkylation sites (N-methyl/N-ethyl adjacent to an activating group) is 1. The van der Waals surface area contributed by atoms with E-state index in [1.165, 1.54) is 12.1 Å². The lowest BCUT2D eigenvalue weighted by atomic mass is 9.93. The van der Waals surface area contributed by atoms with Gasteiger partial charge in [-0.15, -0.1) is 13.2 Å². The van der Waals surface area contributed by atoms with Gasteiger partial charge in [0.15, 0.2) is 0 Å². The highest BCUT2D eigenvalue weighted by Crippen LogP contribution is 2.30. The number of carbonyl (C=O) groups excluding carboxylic acids is 2. The van der Waals surface area contributed by atoms with Gasteiger partial charge < -0.3 is 14.5 Å². The molecule has 3 aliphatic rings. The maximum Gasteiger partial charge on any atom is 0.573 e. The van der Waals surface area contributed by atoms with Gasteiger partial charge in [-0.25, -0.2) is 0 Å². The van der Waals surface area contributed by atoms with Crippen LogP contribution < -0.4 is 10.1 Å². The van der Waals surface area contributed by atoms with E-state index in [9.17, 15) is 22.8 Å². The van der Waals surface area contributed by atoms with Crippen molar-refractivity contribution in [2.45, 2.75) is 63.8 Å². The van der Waals surface area contributed by atoms with Gasteiger partial charge in [0, 0.05) is 32.2 Å². The standard InChI is InChI=1S/C22H29F3N4O3/c1-2-28-18-4-3-11-26-19(18)29(21(31)20(28)30)16-9-12-27(13-10-16)14-15-5-7-17(8-6-15)32-22(23,24)25/h5-8,16,18-19,26H,2-4,9-14H2,1H3. The molecule has 7 nitrogen and oxygen atoms in total. The molecule has 0 radical (unpaired) electrons. The van der Waals surface area contributed by atoms with E-state index in [1.54, 1.807) is 21.9 Å². The second-order valence-corrected chi connectivity index (χ2v) is 8.61. The number of benzene rings is 1. The van der Waals surface area contributed by atoms with Gasteiger partial charge in [0.25, 0.3) is 0 Å². The van der Waals surface area contributed by atoms with Crippen LogP contribution in [0.15, 0.2) is 24.3 Å². The summed E-state index contributed by atoms with van der Waals surface area (Å²) >= 11 is 0. The average molecular weight is 454 g/mol. The molecule has 0 bridgehead atoms. The van der Waals surface area contributed by atoms with Crippen molar-refractivity contribution in [3.05, 3.63) is 29.8 Å². The molecule has 1 N–H and O–H groups in total. The van der Waals surface area contributed by atoms with E-state index >= 15 is 0 Å². The maximum absolute atomic E-state index is 12.9. The quantitative estimate of drug-likeness (QED) is 0.692. The molecule has 176 valence electrons. The fourth-order valence-electron chi connectivity index (χ4n) is 5.16. The minimum Gasteiger partial charge on any atom is -0.406 e. The van der Waals surface area contributed by atoms with Gasteiger partial charge in [0.05, 0.1) is 6.04 Å². The van der Waals surface area contributed by atoms with Crippen molar-refractivity contribution >= 4 is 11.8 Å². The van der Waals surface area contributed by atoms with Gasteiger partial charge in [0.1, 0.15) is 11.9 Å². The van der Waals surface area contributed by atoms with Crippen LogP contribution >= 0.6 is 0 Å². The highest BCUT2D eigenvalue weighted by Gasteiger charge is 2.48. The molecule has 32 heavy (non-hydrogen) atoms. The Morgan fingerprint density at radius 3 is 2.38 bits per heavy atom. The number of likely N-dealkylation sites (tertiary alicyclic amines) is 1. The van der Waals surface area contributed by atoms with Crippen molar-refractivity contribution in [3.63, 3.8) is 0 Å². The molecule has 2 unspecified atom stereocenters. The number of piperidine rings is 2. The number of alkyl halides is 3. The summed E-state index contributed by atoms with van der Waals surface area (Å²) in [6, 6.07) is 5.94. The lowest BCUT2D eigenvalue weighted by Crippen LogP contribution is -2.72. The topological polar surface area (TPSA) is 65.1 Å². The summed E-state index contributed by atoms with van der Waals surface area (Å²) in [6.07, 6.45) is -1.44.